The Morgan fingerprint density at radius 1 is 1.30 bits per heavy atom. The fourth-order valence-corrected chi connectivity index (χ4v) is 3.74. The Bertz CT molecular complexity index is 1120. The minimum atomic E-state index is -0.434. The molecule has 6 nitrogen and oxygen atoms in total. The van der Waals surface area contributed by atoms with E-state index in [-0.39, 0.29) is 11.7 Å². The summed E-state index contributed by atoms with van der Waals surface area (Å²) in [5.41, 5.74) is 1.72. The molecule has 1 amide bonds. The van der Waals surface area contributed by atoms with Crippen molar-refractivity contribution in [2.45, 2.75) is 0 Å². The molecule has 3 aromatic heterocycles. The number of amides is 1. The van der Waals surface area contributed by atoms with Gasteiger partial charge in [-0.2, -0.15) is 0 Å². The van der Waals surface area contributed by atoms with Crippen LogP contribution in [0.15, 0.2) is 40.0 Å². The van der Waals surface area contributed by atoms with Crippen molar-refractivity contribution in [2.24, 2.45) is 0 Å². The predicted octanol–water partition coefficient (Wildman–Crippen LogP) is 3.58. The predicted molar refractivity (Wildman–Crippen MR) is 108 cm³/mol. The molecule has 1 saturated heterocycles. The van der Waals surface area contributed by atoms with E-state index in [9.17, 15) is 9.18 Å². The Morgan fingerprint density at radius 3 is 2.78 bits per heavy atom. The van der Waals surface area contributed by atoms with E-state index in [1.807, 2.05) is 0 Å². The molecule has 4 heterocycles. The van der Waals surface area contributed by atoms with Crippen molar-refractivity contribution in [3.8, 4) is 11.1 Å². The first kappa shape index (κ1) is 17.6. The zero-order valence-electron chi connectivity index (χ0n) is 14.3. The van der Waals surface area contributed by atoms with Gasteiger partial charge in [0, 0.05) is 55.3 Å². The molecule has 0 atom stereocenters. The maximum Gasteiger partial charge on any atom is 0.263 e. The zero-order valence-corrected chi connectivity index (χ0v) is 15.9. The minimum Gasteiger partial charge on any atom is -0.456 e. The number of aromatic nitrogens is 2. The zero-order chi connectivity index (χ0) is 19.1. The lowest BCUT2D eigenvalue weighted by Gasteiger charge is -2.12. The highest BCUT2D eigenvalue weighted by Gasteiger charge is 2.23. The highest BCUT2D eigenvalue weighted by Crippen LogP contribution is 2.33. The number of thioether (sulfide) groups is 1. The molecule has 0 unspecified atom stereocenters. The average Bonchev–Trinajstić information content (AvgIpc) is 3.16. The summed E-state index contributed by atoms with van der Waals surface area (Å²) >= 11 is 6.16. The Balaban J connectivity index is 1.78. The van der Waals surface area contributed by atoms with Crippen LogP contribution in [0, 0.1) is 5.82 Å². The molecule has 27 heavy (non-hydrogen) atoms. The van der Waals surface area contributed by atoms with E-state index >= 15 is 0 Å². The van der Waals surface area contributed by atoms with Crippen LogP contribution in [-0.4, -0.2) is 34.3 Å². The summed E-state index contributed by atoms with van der Waals surface area (Å²) in [6, 6.07) is 3.17. The Labute approximate surface area is 163 Å². The lowest BCUT2D eigenvalue weighted by molar-refractivity contribution is -0.115. The number of nitrogens with one attached hydrogen (secondary N) is 1. The maximum atomic E-state index is 14.3. The summed E-state index contributed by atoms with van der Waals surface area (Å²) in [6.07, 6.45) is 6.45. The topological polar surface area (TPSA) is 71.3 Å². The minimum absolute atomic E-state index is 0.254. The fraction of sp³-hybridized carbons (Fsp3) is 0.111. The average molecular weight is 400 g/mol. The molecule has 1 N–H and O–H groups in total. The number of halogens is 1. The molecule has 4 rings (SSSR count). The van der Waals surface area contributed by atoms with Crippen LogP contribution in [0.25, 0.3) is 28.2 Å². The van der Waals surface area contributed by atoms with E-state index in [4.69, 9.17) is 16.6 Å². The fourth-order valence-electron chi connectivity index (χ4n) is 2.72. The van der Waals surface area contributed by atoms with Crippen molar-refractivity contribution in [3.63, 3.8) is 0 Å². The summed E-state index contributed by atoms with van der Waals surface area (Å²) in [7, 11) is 3.45. The molecule has 136 valence electrons. The van der Waals surface area contributed by atoms with Crippen LogP contribution >= 0.6 is 24.0 Å². The van der Waals surface area contributed by atoms with Gasteiger partial charge in [-0.05, 0) is 12.1 Å². The number of nitrogens with zero attached hydrogens (tertiary/aromatic N) is 3. The van der Waals surface area contributed by atoms with Gasteiger partial charge in [-0.25, -0.2) is 9.37 Å². The first-order valence-electron chi connectivity index (χ1n) is 7.88. The second kappa shape index (κ2) is 6.75. The number of rotatable bonds is 3. The molecular formula is C18H13FN4O2S2. The van der Waals surface area contributed by atoms with Crippen LogP contribution in [-0.2, 0) is 4.79 Å². The molecule has 1 aliphatic rings. The van der Waals surface area contributed by atoms with Gasteiger partial charge in [0.2, 0.25) is 0 Å². The van der Waals surface area contributed by atoms with Crippen molar-refractivity contribution in [3.05, 3.63) is 47.2 Å². The molecule has 0 aliphatic carbocycles. The van der Waals surface area contributed by atoms with Gasteiger partial charge in [0.15, 0.2) is 11.6 Å². The van der Waals surface area contributed by atoms with Gasteiger partial charge in [-0.3, -0.25) is 9.78 Å². The van der Waals surface area contributed by atoms with E-state index in [1.54, 1.807) is 49.7 Å². The van der Waals surface area contributed by atoms with Crippen LogP contribution in [0.3, 0.4) is 0 Å². The SMILES string of the molecule is CN(C)c1ncc(-c2cncc3cc(/C=C4\SC(=S)NC4=O)oc23)cc1F. The van der Waals surface area contributed by atoms with Gasteiger partial charge in [0.05, 0.1) is 4.91 Å². The molecule has 0 spiro atoms. The van der Waals surface area contributed by atoms with Gasteiger partial charge in [-0.1, -0.05) is 24.0 Å². The van der Waals surface area contributed by atoms with Crippen LogP contribution < -0.4 is 10.2 Å². The first-order chi connectivity index (χ1) is 12.9. The number of carbonyl (C=O) groups is 1. The molecule has 3 aromatic rings. The normalized spacial score (nSPS) is 15.6. The number of pyridine rings is 2. The summed E-state index contributed by atoms with van der Waals surface area (Å²) in [4.78, 5) is 22.2. The summed E-state index contributed by atoms with van der Waals surface area (Å²) < 4.78 is 20.6. The van der Waals surface area contributed by atoms with Crippen molar-refractivity contribution in [2.75, 3.05) is 19.0 Å². The number of thiocarbonyl (C=S) groups is 1. The van der Waals surface area contributed by atoms with Gasteiger partial charge in [0.1, 0.15) is 15.7 Å². The number of anilines is 1. The van der Waals surface area contributed by atoms with Gasteiger partial charge in [0.25, 0.3) is 5.91 Å². The molecule has 0 saturated carbocycles. The molecule has 1 aliphatic heterocycles. The van der Waals surface area contributed by atoms with Crippen molar-refractivity contribution >= 4 is 57.1 Å². The van der Waals surface area contributed by atoms with E-state index in [0.29, 0.717) is 31.7 Å². The van der Waals surface area contributed by atoms with Crippen molar-refractivity contribution in [1.82, 2.24) is 15.3 Å². The monoisotopic (exact) mass is 400 g/mol. The van der Waals surface area contributed by atoms with Crippen LogP contribution in [0.5, 0.6) is 0 Å². The Kier molecular flexibility index (Phi) is 4.40. The lowest BCUT2D eigenvalue weighted by Crippen LogP contribution is -2.17. The number of fused-ring (bicyclic) bond motifs is 1. The Morgan fingerprint density at radius 2 is 2.11 bits per heavy atom. The first-order valence-corrected chi connectivity index (χ1v) is 9.10. The van der Waals surface area contributed by atoms with E-state index in [2.05, 4.69) is 15.3 Å². The third-order valence-corrected chi connectivity index (χ3v) is 5.08. The third kappa shape index (κ3) is 3.31. The molecule has 0 bridgehead atoms. The lowest BCUT2D eigenvalue weighted by atomic mass is 10.1. The maximum absolute atomic E-state index is 14.3. The summed E-state index contributed by atoms with van der Waals surface area (Å²) in [5, 5.41) is 3.30. The third-order valence-electron chi connectivity index (χ3n) is 3.91. The van der Waals surface area contributed by atoms with E-state index in [1.165, 1.54) is 17.8 Å². The highest BCUT2D eigenvalue weighted by molar-refractivity contribution is 8.26. The van der Waals surface area contributed by atoms with E-state index < -0.39 is 5.82 Å². The second-order valence-electron chi connectivity index (χ2n) is 6.03. The molecular weight excluding hydrogens is 387 g/mol. The number of carbonyl (C=O) groups excluding carboxylic acids is 1. The number of furan rings is 1. The summed E-state index contributed by atoms with van der Waals surface area (Å²) in [6.45, 7) is 0. The summed E-state index contributed by atoms with van der Waals surface area (Å²) in [5.74, 6) is 0.0502. The smallest absolute Gasteiger partial charge is 0.263 e. The number of hydrogen-bond donors (Lipinski definition) is 1. The Hall–Kier alpha value is -2.78. The van der Waals surface area contributed by atoms with Gasteiger partial charge >= 0.3 is 0 Å². The van der Waals surface area contributed by atoms with Crippen molar-refractivity contribution in [1.29, 1.82) is 0 Å². The second-order valence-corrected chi connectivity index (χ2v) is 7.75. The highest BCUT2D eigenvalue weighted by atomic mass is 32.2. The molecule has 1 fully saturated rings. The quantitative estimate of drug-likeness (QED) is 0.532. The molecule has 0 aromatic carbocycles. The molecule has 9 heteroatoms. The van der Waals surface area contributed by atoms with Gasteiger partial charge in [-0.15, -0.1) is 0 Å². The van der Waals surface area contributed by atoms with Crippen LogP contribution in [0.4, 0.5) is 10.2 Å². The standard InChI is InChI=1S/C18H13FN4O2S2/c1-23(2)16-13(19)4-9(7-21-16)12-8-20-6-10-3-11(25-15(10)12)5-14-17(24)22-18(26)27-14/h3-8H,1-2H3,(H,22,24,26)/b14-5-. The van der Waals surface area contributed by atoms with Crippen molar-refractivity contribution < 1.29 is 13.6 Å². The van der Waals surface area contributed by atoms with Crippen LogP contribution in [0.2, 0.25) is 0 Å². The van der Waals surface area contributed by atoms with E-state index in [0.717, 1.165) is 5.39 Å². The van der Waals surface area contributed by atoms with Crippen LogP contribution in [0.1, 0.15) is 5.76 Å². The van der Waals surface area contributed by atoms with Gasteiger partial charge < -0.3 is 14.6 Å². The molecule has 0 radical (unpaired) electrons. The number of hydrogen-bond acceptors (Lipinski definition) is 7. The largest absolute Gasteiger partial charge is 0.456 e.